The van der Waals surface area contributed by atoms with Crippen LogP contribution in [0.4, 0.5) is 5.95 Å². The third-order valence-electron chi connectivity index (χ3n) is 3.31. The van der Waals surface area contributed by atoms with Gasteiger partial charge in [0.1, 0.15) is 0 Å². The van der Waals surface area contributed by atoms with Gasteiger partial charge in [-0.25, -0.2) is 4.98 Å². The standard InChI is InChI=1S/C16H11N5O2/c22-15(20-16-18-11-5-1-2-6-12(11)19-16)13-8-14(23-21-13)10-4-3-7-17-9-10/h1-9H,(H2,18,19,20,22). The van der Waals surface area contributed by atoms with Crippen molar-refractivity contribution >= 4 is 22.9 Å². The second-order valence-corrected chi connectivity index (χ2v) is 4.87. The number of carbonyl (C=O) groups is 1. The number of nitrogens with zero attached hydrogens (tertiary/aromatic N) is 3. The highest BCUT2D eigenvalue weighted by molar-refractivity contribution is 6.03. The molecule has 1 aromatic carbocycles. The molecule has 0 saturated carbocycles. The van der Waals surface area contributed by atoms with Crippen LogP contribution in [0.25, 0.3) is 22.4 Å². The number of rotatable bonds is 3. The van der Waals surface area contributed by atoms with Gasteiger partial charge in [0.15, 0.2) is 11.5 Å². The average molecular weight is 305 g/mol. The number of aromatic nitrogens is 4. The summed E-state index contributed by atoms with van der Waals surface area (Å²) in [5.41, 5.74) is 2.55. The van der Waals surface area contributed by atoms with Crippen molar-refractivity contribution in [3.8, 4) is 11.3 Å². The molecule has 0 fully saturated rings. The Kier molecular flexibility index (Phi) is 3.09. The maximum Gasteiger partial charge on any atom is 0.280 e. The fourth-order valence-corrected chi connectivity index (χ4v) is 2.21. The monoisotopic (exact) mass is 305 g/mol. The van der Waals surface area contributed by atoms with Crippen molar-refractivity contribution in [1.29, 1.82) is 0 Å². The highest BCUT2D eigenvalue weighted by Crippen LogP contribution is 2.19. The van der Waals surface area contributed by atoms with Crippen LogP contribution in [-0.2, 0) is 0 Å². The molecule has 0 aliphatic heterocycles. The smallest absolute Gasteiger partial charge is 0.280 e. The number of fused-ring (bicyclic) bond motifs is 1. The third kappa shape index (κ3) is 2.55. The molecule has 4 aromatic rings. The fourth-order valence-electron chi connectivity index (χ4n) is 2.21. The molecule has 0 aliphatic rings. The van der Waals surface area contributed by atoms with Crippen molar-refractivity contribution < 1.29 is 9.32 Å². The first kappa shape index (κ1) is 13.2. The lowest BCUT2D eigenvalue weighted by Gasteiger charge is -1.96. The zero-order chi connectivity index (χ0) is 15.6. The molecule has 23 heavy (non-hydrogen) atoms. The second-order valence-electron chi connectivity index (χ2n) is 4.87. The van der Waals surface area contributed by atoms with Crippen LogP contribution in [-0.4, -0.2) is 26.0 Å². The maximum absolute atomic E-state index is 12.2. The van der Waals surface area contributed by atoms with Crippen LogP contribution in [0.15, 0.2) is 59.4 Å². The summed E-state index contributed by atoms with van der Waals surface area (Å²) < 4.78 is 5.19. The lowest BCUT2D eigenvalue weighted by Crippen LogP contribution is -2.13. The molecule has 112 valence electrons. The summed E-state index contributed by atoms with van der Waals surface area (Å²) in [6, 6.07) is 12.7. The summed E-state index contributed by atoms with van der Waals surface area (Å²) in [6.07, 6.45) is 3.30. The minimum Gasteiger partial charge on any atom is -0.355 e. The van der Waals surface area contributed by atoms with E-state index in [1.54, 1.807) is 24.5 Å². The van der Waals surface area contributed by atoms with Crippen molar-refractivity contribution in [1.82, 2.24) is 20.1 Å². The number of anilines is 1. The minimum absolute atomic E-state index is 0.171. The largest absolute Gasteiger partial charge is 0.355 e. The van der Waals surface area contributed by atoms with Crippen molar-refractivity contribution in [3.05, 3.63) is 60.6 Å². The molecule has 0 spiro atoms. The van der Waals surface area contributed by atoms with Gasteiger partial charge in [0.05, 0.1) is 11.0 Å². The number of aromatic amines is 1. The van der Waals surface area contributed by atoms with Crippen LogP contribution in [0.5, 0.6) is 0 Å². The minimum atomic E-state index is -0.400. The first-order valence-corrected chi connectivity index (χ1v) is 6.93. The van der Waals surface area contributed by atoms with Gasteiger partial charge in [-0.15, -0.1) is 0 Å². The van der Waals surface area contributed by atoms with E-state index < -0.39 is 5.91 Å². The number of amides is 1. The molecule has 1 amide bonds. The summed E-state index contributed by atoms with van der Waals surface area (Å²) >= 11 is 0. The van der Waals surface area contributed by atoms with E-state index in [1.165, 1.54) is 0 Å². The number of H-pyrrole nitrogens is 1. The molecule has 0 bridgehead atoms. The normalized spacial score (nSPS) is 10.8. The number of hydrogen-bond acceptors (Lipinski definition) is 5. The van der Waals surface area contributed by atoms with E-state index in [0.717, 1.165) is 16.6 Å². The Hall–Kier alpha value is -3.48. The van der Waals surface area contributed by atoms with Gasteiger partial charge < -0.3 is 9.51 Å². The maximum atomic E-state index is 12.2. The van der Waals surface area contributed by atoms with Crippen LogP contribution >= 0.6 is 0 Å². The predicted octanol–water partition coefficient (Wildman–Crippen LogP) is 2.87. The van der Waals surface area contributed by atoms with Gasteiger partial charge in [0.2, 0.25) is 5.95 Å². The van der Waals surface area contributed by atoms with Gasteiger partial charge in [-0.2, -0.15) is 0 Å². The topological polar surface area (TPSA) is 96.7 Å². The van der Waals surface area contributed by atoms with Gasteiger partial charge in [0, 0.05) is 24.0 Å². The molecule has 0 radical (unpaired) electrons. The lowest BCUT2D eigenvalue weighted by molar-refractivity contribution is 0.101. The van der Waals surface area contributed by atoms with Crippen LogP contribution in [0.1, 0.15) is 10.5 Å². The quantitative estimate of drug-likeness (QED) is 0.606. The molecule has 7 nitrogen and oxygen atoms in total. The van der Waals surface area contributed by atoms with Gasteiger partial charge in [0.25, 0.3) is 5.91 Å². The number of benzene rings is 1. The molecule has 7 heteroatoms. The number of para-hydroxylation sites is 2. The molecule has 0 aliphatic carbocycles. The summed E-state index contributed by atoms with van der Waals surface area (Å²) in [6.45, 7) is 0. The lowest BCUT2D eigenvalue weighted by atomic mass is 10.2. The fraction of sp³-hybridized carbons (Fsp3) is 0. The van der Waals surface area contributed by atoms with Crippen LogP contribution in [0.3, 0.4) is 0 Å². The molecule has 3 heterocycles. The van der Waals surface area contributed by atoms with Crippen molar-refractivity contribution in [2.24, 2.45) is 0 Å². The number of imidazole rings is 1. The van der Waals surface area contributed by atoms with Gasteiger partial charge >= 0.3 is 0 Å². The molecular formula is C16H11N5O2. The molecule has 2 N–H and O–H groups in total. The number of nitrogens with one attached hydrogen (secondary N) is 2. The SMILES string of the molecule is O=C(Nc1nc2ccccc2[nH]1)c1cc(-c2cccnc2)on1. The first-order valence-electron chi connectivity index (χ1n) is 6.93. The molecule has 4 rings (SSSR count). The zero-order valence-corrected chi connectivity index (χ0v) is 11.9. The average Bonchev–Trinajstić information content (AvgIpc) is 3.22. The third-order valence-corrected chi connectivity index (χ3v) is 3.31. The molecule has 0 atom stereocenters. The Morgan fingerprint density at radius 1 is 1.17 bits per heavy atom. The van der Waals surface area contributed by atoms with Crippen LogP contribution in [0, 0.1) is 0 Å². The van der Waals surface area contributed by atoms with Crippen molar-refractivity contribution in [3.63, 3.8) is 0 Å². The Morgan fingerprint density at radius 2 is 2.09 bits per heavy atom. The molecule has 0 unspecified atom stereocenters. The number of pyridine rings is 1. The van der Waals surface area contributed by atoms with E-state index in [9.17, 15) is 4.79 Å². The highest BCUT2D eigenvalue weighted by atomic mass is 16.5. The van der Waals surface area contributed by atoms with Gasteiger partial charge in [-0.1, -0.05) is 17.3 Å². The summed E-state index contributed by atoms with van der Waals surface area (Å²) in [4.78, 5) is 23.5. The first-order chi connectivity index (χ1) is 11.3. The van der Waals surface area contributed by atoms with Gasteiger partial charge in [-0.05, 0) is 24.3 Å². The Balaban J connectivity index is 1.56. The number of hydrogen-bond donors (Lipinski definition) is 2. The van der Waals surface area contributed by atoms with E-state index in [-0.39, 0.29) is 5.69 Å². The number of carbonyl (C=O) groups excluding carboxylic acids is 1. The Morgan fingerprint density at radius 3 is 2.91 bits per heavy atom. The van der Waals surface area contributed by atoms with E-state index in [2.05, 4.69) is 25.4 Å². The van der Waals surface area contributed by atoms with Crippen molar-refractivity contribution in [2.75, 3.05) is 5.32 Å². The van der Waals surface area contributed by atoms with E-state index in [4.69, 9.17) is 4.52 Å². The Labute approximate surface area is 130 Å². The van der Waals surface area contributed by atoms with Crippen molar-refractivity contribution in [2.45, 2.75) is 0 Å². The second kappa shape index (κ2) is 5.38. The van der Waals surface area contributed by atoms with E-state index in [1.807, 2.05) is 30.3 Å². The highest BCUT2D eigenvalue weighted by Gasteiger charge is 2.15. The van der Waals surface area contributed by atoms with Crippen LogP contribution in [0.2, 0.25) is 0 Å². The van der Waals surface area contributed by atoms with Crippen LogP contribution < -0.4 is 5.32 Å². The summed E-state index contributed by atoms with van der Waals surface area (Å²) in [7, 11) is 0. The molecule has 3 aromatic heterocycles. The van der Waals surface area contributed by atoms with E-state index in [0.29, 0.717) is 11.7 Å². The molecule has 0 saturated heterocycles. The Bertz CT molecular complexity index is 941. The summed E-state index contributed by atoms with van der Waals surface area (Å²) in [5.74, 6) is 0.443. The predicted molar refractivity (Wildman–Crippen MR) is 83.8 cm³/mol. The molecular weight excluding hydrogens is 294 g/mol. The summed E-state index contributed by atoms with van der Waals surface area (Å²) in [5, 5.41) is 6.45. The van der Waals surface area contributed by atoms with Gasteiger partial charge in [-0.3, -0.25) is 15.1 Å². The van der Waals surface area contributed by atoms with E-state index >= 15 is 0 Å². The zero-order valence-electron chi connectivity index (χ0n) is 11.9.